The van der Waals surface area contributed by atoms with Crippen LogP contribution in [0.3, 0.4) is 0 Å². The molecule has 8 heteroatoms. The van der Waals surface area contributed by atoms with Gasteiger partial charge in [0, 0.05) is 12.6 Å². The van der Waals surface area contributed by atoms with Crippen LogP contribution in [-0.2, 0) is 27.8 Å². The largest absolute Gasteiger partial charge is 0.322 e. The smallest absolute Gasteiger partial charge is 0.244 e. The van der Waals surface area contributed by atoms with E-state index in [1.165, 1.54) is 12.1 Å². The Balaban J connectivity index is 1.73. The molecule has 1 amide bonds. The fourth-order valence-electron chi connectivity index (χ4n) is 3.63. The second-order valence-corrected chi connectivity index (χ2v) is 9.36. The summed E-state index contributed by atoms with van der Waals surface area (Å²) in [5, 5.41) is 2.35. The molecule has 0 saturated carbocycles. The van der Waals surface area contributed by atoms with Crippen molar-refractivity contribution in [2.24, 2.45) is 0 Å². The number of hydrogen-bond donors (Lipinski definition) is 1. The van der Waals surface area contributed by atoms with Crippen molar-refractivity contribution in [3.63, 3.8) is 0 Å². The monoisotopic (exact) mass is 442 g/mol. The summed E-state index contributed by atoms with van der Waals surface area (Å²) in [6, 6.07) is 15.2. The lowest BCUT2D eigenvalue weighted by molar-refractivity contribution is -0.120. The number of anilines is 1. The standard InChI is InChI=1S/C23H20F2N2O3S/c1-15-6-9-19(10-7-15)31(29,30)27-14-17-5-3-2-4-16(17)12-22(27)23(28)26-21-13-18(24)8-11-20(21)25/h2-11,13,22H,12,14H2,1H3,(H,26,28)/t22-/m0/s1. The minimum Gasteiger partial charge on any atom is -0.322 e. The Morgan fingerprint density at radius 2 is 1.68 bits per heavy atom. The fourth-order valence-corrected chi connectivity index (χ4v) is 5.20. The highest BCUT2D eigenvalue weighted by atomic mass is 32.2. The van der Waals surface area contributed by atoms with Crippen molar-refractivity contribution >= 4 is 21.6 Å². The van der Waals surface area contributed by atoms with Gasteiger partial charge < -0.3 is 5.32 Å². The molecule has 0 aromatic heterocycles. The summed E-state index contributed by atoms with van der Waals surface area (Å²) in [7, 11) is -4.02. The van der Waals surface area contributed by atoms with E-state index in [0.29, 0.717) is 0 Å². The molecular formula is C23H20F2N2O3S. The molecule has 1 N–H and O–H groups in total. The third kappa shape index (κ3) is 4.22. The minimum atomic E-state index is -4.02. The lowest BCUT2D eigenvalue weighted by Crippen LogP contribution is -2.50. The zero-order valence-electron chi connectivity index (χ0n) is 16.7. The van der Waals surface area contributed by atoms with E-state index in [-0.39, 0.29) is 23.5 Å². The van der Waals surface area contributed by atoms with E-state index < -0.39 is 33.6 Å². The van der Waals surface area contributed by atoms with E-state index in [1.54, 1.807) is 18.2 Å². The Morgan fingerprint density at radius 1 is 1.00 bits per heavy atom. The van der Waals surface area contributed by atoms with Crippen LogP contribution in [0.1, 0.15) is 16.7 Å². The first-order chi connectivity index (χ1) is 14.8. The summed E-state index contributed by atoms with van der Waals surface area (Å²) in [4.78, 5) is 13.1. The zero-order chi connectivity index (χ0) is 22.2. The molecule has 0 saturated heterocycles. The maximum Gasteiger partial charge on any atom is 0.244 e. The van der Waals surface area contributed by atoms with Gasteiger partial charge in [-0.1, -0.05) is 42.0 Å². The normalized spacial score (nSPS) is 16.5. The number of fused-ring (bicyclic) bond motifs is 1. The molecule has 0 spiro atoms. The van der Waals surface area contributed by atoms with E-state index in [0.717, 1.165) is 39.2 Å². The Morgan fingerprint density at radius 3 is 2.39 bits per heavy atom. The topological polar surface area (TPSA) is 66.5 Å². The summed E-state index contributed by atoms with van der Waals surface area (Å²) in [5.74, 6) is -2.25. The quantitative estimate of drug-likeness (QED) is 0.664. The first-order valence-corrected chi connectivity index (χ1v) is 11.1. The summed E-state index contributed by atoms with van der Waals surface area (Å²) in [6.07, 6.45) is 0.115. The van der Waals surface area contributed by atoms with Crippen LogP contribution in [0.4, 0.5) is 14.5 Å². The van der Waals surface area contributed by atoms with E-state index in [2.05, 4.69) is 5.32 Å². The van der Waals surface area contributed by atoms with Gasteiger partial charge in [0.1, 0.15) is 17.7 Å². The number of nitrogens with one attached hydrogen (secondary N) is 1. The molecule has 31 heavy (non-hydrogen) atoms. The van der Waals surface area contributed by atoms with Crippen LogP contribution in [0.2, 0.25) is 0 Å². The molecule has 0 unspecified atom stereocenters. The molecule has 1 aliphatic rings. The van der Waals surface area contributed by atoms with Crippen LogP contribution < -0.4 is 5.32 Å². The van der Waals surface area contributed by atoms with Gasteiger partial charge in [-0.15, -0.1) is 0 Å². The Bertz CT molecular complexity index is 1240. The number of benzene rings is 3. The molecule has 5 nitrogen and oxygen atoms in total. The van der Waals surface area contributed by atoms with Crippen LogP contribution in [0.25, 0.3) is 0 Å². The predicted molar refractivity (Wildman–Crippen MR) is 113 cm³/mol. The van der Waals surface area contributed by atoms with Crippen molar-refractivity contribution in [3.8, 4) is 0 Å². The van der Waals surface area contributed by atoms with Gasteiger partial charge in [0.2, 0.25) is 15.9 Å². The van der Waals surface area contributed by atoms with Crippen molar-refractivity contribution in [2.45, 2.75) is 30.8 Å². The van der Waals surface area contributed by atoms with E-state index >= 15 is 0 Å². The molecule has 0 bridgehead atoms. The Labute approximate surface area is 179 Å². The van der Waals surface area contributed by atoms with Crippen LogP contribution in [0.5, 0.6) is 0 Å². The van der Waals surface area contributed by atoms with Gasteiger partial charge in [0.05, 0.1) is 10.6 Å². The molecule has 0 radical (unpaired) electrons. The molecule has 3 aromatic carbocycles. The van der Waals surface area contributed by atoms with Gasteiger partial charge in [-0.2, -0.15) is 4.31 Å². The lowest BCUT2D eigenvalue weighted by Gasteiger charge is -2.35. The van der Waals surface area contributed by atoms with Gasteiger partial charge in [-0.05, 0) is 48.7 Å². The number of sulfonamides is 1. The average molecular weight is 442 g/mol. The number of carbonyl (C=O) groups is 1. The summed E-state index contributed by atoms with van der Waals surface area (Å²) >= 11 is 0. The molecule has 1 aliphatic heterocycles. The van der Waals surface area contributed by atoms with Gasteiger partial charge in [-0.3, -0.25) is 4.79 Å². The van der Waals surface area contributed by atoms with Gasteiger partial charge in [0.25, 0.3) is 0 Å². The van der Waals surface area contributed by atoms with Crippen molar-refractivity contribution < 1.29 is 22.0 Å². The van der Waals surface area contributed by atoms with Gasteiger partial charge in [0.15, 0.2) is 0 Å². The second-order valence-electron chi connectivity index (χ2n) is 7.47. The third-order valence-corrected chi connectivity index (χ3v) is 7.19. The number of aryl methyl sites for hydroxylation is 1. The Kier molecular flexibility index (Phi) is 5.60. The maximum atomic E-state index is 14.1. The molecule has 0 fully saturated rings. The highest BCUT2D eigenvalue weighted by Gasteiger charge is 2.39. The van der Waals surface area contributed by atoms with Crippen LogP contribution >= 0.6 is 0 Å². The summed E-state index contributed by atoms with van der Waals surface area (Å²) in [6.45, 7) is 1.84. The van der Waals surface area contributed by atoms with Crippen molar-refractivity contribution in [3.05, 3.63) is 95.1 Å². The first-order valence-electron chi connectivity index (χ1n) is 9.67. The number of halogens is 2. The van der Waals surface area contributed by atoms with Crippen LogP contribution in [0.15, 0.2) is 71.6 Å². The van der Waals surface area contributed by atoms with E-state index in [9.17, 15) is 22.0 Å². The highest BCUT2D eigenvalue weighted by molar-refractivity contribution is 7.89. The molecule has 0 aliphatic carbocycles. The zero-order valence-corrected chi connectivity index (χ0v) is 17.5. The number of rotatable bonds is 4. The average Bonchev–Trinajstić information content (AvgIpc) is 2.75. The SMILES string of the molecule is Cc1ccc(S(=O)(=O)N2Cc3ccccc3C[C@H]2C(=O)Nc2cc(F)ccc2F)cc1. The van der Waals surface area contributed by atoms with Crippen molar-refractivity contribution in [2.75, 3.05) is 5.32 Å². The number of hydrogen-bond acceptors (Lipinski definition) is 3. The van der Waals surface area contributed by atoms with Gasteiger partial charge in [-0.25, -0.2) is 17.2 Å². The second kappa shape index (κ2) is 8.20. The third-order valence-electron chi connectivity index (χ3n) is 5.32. The molecule has 160 valence electrons. The Hall–Kier alpha value is -3.10. The van der Waals surface area contributed by atoms with E-state index in [1.807, 2.05) is 25.1 Å². The lowest BCUT2D eigenvalue weighted by atomic mass is 9.95. The van der Waals surface area contributed by atoms with Gasteiger partial charge >= 0.3 is 0 Å². The predicted octanol–water partition coefficient (Wildman–Crippen LogP) is 4.03. The van der Waals surface area contributed by atoms with Crippen molar-refractivity contribution in [1.82, 2.24) is 4.31 Å². The molecule has 1 heterocycles. The highest BCUT2D eigenvalue weighted by Crippen LogP contribution is 2.30. The molecule has 4 rings (SSSR count). The minimum absolute atomic E-state index is 0.00387. The molecular weight excluding hydrogens is 422 g/mol. The van der Waals surface area contributed by atoms with Crippen molar-refractivity contribution in [1.29, 1.82) is 0 Å². The van der Waals surface area contributed by atoms with Crippen LogP contribution in [-0.4, -0.2) is 24.7 Å². The molecule has 1 atom stereocenters. The first kappa shape index (κ1) is 21.1. The summed E-state index contributed by atoms with van der Waals surface area (Å²) < 4.78 is 55.5. The number of carbonyl (C=O) groups excluding carboxylic acids is 1. The number of nitrogens with zero attached hydrogens (tertiary/aromatic N) is 1. The summed E-state index contributed by atoms with van der Waals surface area (Å²) in [5.41, 5.74) is 2.19. The maximum absolute atomic E-state index is 14.1. The fraction of sp³-hybridized carbons (Fsp3) is 0.174. The molecule has 3 aromatic rings. The van der Waals surface area contributed by atoms with Crippen LogP contribution in [0, 0.1) is 18.6 Å². The number of amides is 1. The van der Waals surface area contributed by atoms with E-state index in [4.69, 9.17) is 0 Å².